The standard InChI is InChI=1S/C14H23N5O/c1-16-11-13-14(12-5-9-20-10-6-12)19(18-17-13)8-4-2-3-7-15/h12,16H,2-6,8-11H2,1H3. The van der Waals surface area contributed by atoms with Crippen molar-refractivity contribution in [2.75, 3.05) is 20.3 Å². The SMILES string of the molecule is CNCc1nnn(CCCCC#N)c1C1CCOCC1. The van der Waals surface area contributed by atoms with Crippen LogP contribution in [0.4, 0.5) is 0 Å². The molecule has 6 nitrogen and oxygen atoms in total. The largest absolute Gasteiger partial charge is 0.381 e. The molecule has 1 aromatic heterocycles. The van der Waals surface area contributed by atoms with Gasteiger partial charge in [0.2, 0.25) is 0 Å². The first-order valence-electron chi connectivity index (χ1n) is 7.38. The average Bonchev–Trinajstić information content (AvgIpc) is 2.88. The van der Waals surface area contributed by atoms with E-state index in [0.29, 0.717) is 12.3 Å². The van der Waals surface area contributed by atoms with E-state index >= 15 is 0 Å². The van der Waals surface area contributed by atoms with Gasteiger partial charge in [0.1, 0.15) is 0 Å². The van der Waals surface area contributed by atoms with Crippen LogP contribution in [0.1, 0.15) is 49.4 Å². The van der Waals surface area contributed by atoms with Crippen molar-refractivity contribution in [3.63, 3.8) is 0 Å². The molecule has 20 heavy (non-hydrogen) atoms. The van der Waals surface area contributed by atoms with Crippen molar-refractivity contribution in [2.45, 2.75) is 51.1 Å². The van der Waals surface area contributed by atoms with Crippen molar-refractivity contribution in [3.8, 4) is 6.07 Å². The second-order valence-corrected chi connectivity index (χ2v) is 5.18. The lowest BCUT2D eigenvalue weighted by Gasteiger charge is -2.23. The van der Waals surface area contributed by atoms with Gasteiger partial charge in [-0.05, 0) is 32.7 Å². The van der Waals surface area contributed by atoms with Crippen molar-refractivity contribution in [1.29, 1.82) is 5.26 Å². The van der Waals surface area contributed by atoms with Gasteiger partial charge in [-0.1, -0.05) is 5.21 Å². The van der Waals surface area contributed by atoms with Crippen LogP contribution in [0.5, 0.6) is 0 Å². The minimum absolute atomic E-state index is 0.498. The molecule has 110 valence electrons. The minimum Gasteiger partial charge on any atom is -0.381 e. The van der Waals surface area contributed by atoms with Crippen LogP contribution < -0.4 is 5.32 Å². The number of nitrogens with one attached hydrogen (secondary N) is 1. The zero-order valence-electron chi connectivity index (χ0n) is 12.1. The Bertz CT molecular complexity index is 445. The predicted octanol–water partition coefficient (Wildman–Crippen LogP) is 1.59. The Hall–Kier alpha value is -1.45. The van der Waals surface area contributed by atoms with Crippen LogP contribution in [0, 0.1) is 11.3 Å². The number of aryl methyl sites for hydroxylation is 1. The summed E-state index contributed by atoms with van der Waals surface area (Å²) in [5.41, 5.74) is 2.32. The highest BCUT2D eigenvalue weighted by atomic mass is 16.5. The normalized spacial score (nSPS) is 16.2. The second-order valence-electron chi connectivity index (χ2n) is 5.18. The van der Waals surface area contributed by atoms with Gasteiger partial charge in [-0.2, -0.15) is 5.26 Å². The van der Waals surface area contributed by atoms with Crippen LogP contribution in [-0.4, -0.2) is 35.3 Å². The van der Waals surface area contributed by atoms with E-state index < -0.39 is 0 Å². The van der Waals surface area contributed by atoms with Gasteiger partial charge in [0.25, 0.3) is 0 Å². The van der Waals surface area contributed by atoms with E-state index in [4.69, 9.17) is 10.00 Å². The monoisotopic (exact) mass is 277 g/mol. The van der Waals surface area contributed by atoms with Crippen LogP contribution in [-0.2, 0) is 17.8 Å². The lowest BCUT2D eigenvalue weighted by Crippen LogP contribution is -2.20. The summed E-state index contributed by atoms with van der Waals surface area (Å²) in [7, 11) is 1.93. The molecule has 2 rings (SSSR count). The van der Waals surface area contributed by atoms with E-state index in [-0.39, 0.29) is 0 Å². The molecule has 0 aliphatic carbocycles. The molecule has 0 aromatic carbocycles. The summed E-state index contributed by atoms with van der Waals surface area (Å²) in [6.07, 6.45) is 4.60. The summed E-state index contributed by atoms with van der Waals surface area (Å²) in [6.45, 7) is 3.25. The Labute approximate surface area is 120 Å². The molecule has 0 atom stereocenters. The van der Waals surface area contributed by atoms with Gasteiger partial charge >= 0.3 is 0 Å². The third-order valence-corrected chi connectivity index (χ3v) is 3.71. The van der Waals surface area contributed by atoms with Crippen LogP contribution in [0.2, 0.25) is 0 Å². The smallest absolute Gasteiger partial charge is 0.0999 e. The molecule has 0 amide bonds. The van der Waals surface area contributed by atoms with Gasteiger partial charge in [-0.15, -0.1) is 5.10 Å². The molecule has 1 aliphatic heterocycles. The summed E-state index contributed by atoms with van der Waals surface area (Å²) in [6, 6.07) is 2.19. The summed E-state index contributed by atoms with van der Waals surface area (Å²) in [5, 5.41) is 20.4. The molecule has 1 saturated heterocycles. The molecule has 0 spiro atoms. The maximum atomic E-state index is 8.59. The van der Waals surface area contributed by atoms with E-state index in [1.165, 1.54) is 5.69 Å². The van der Waals surface area contributed by atoms with Crippen molar-refractivity contribution in [3.05, 3.63) is 11.4 Å². The van der Waals surface area contributed by atoms with Gasteiger partial charge in [-0.3, -0.25) is 0 Å². The Morgan fingerprint density at radius 1 is 1.40 bits per heavy atom. The van der Waals surface area contributed by atoms with E-state index in [0.717, 1.165) is 57.7 Å². The van der Waals surface area contributed by atoms with E-state index in [1.807, 2.05) is 11.7 Å². The molecule has 0 unspecified atom stereocenters. The first kappa shape index (κ1) is 14.9. The molecule has 1 aromatic rings. The zero-order valence-corrected chi connectivity index (χ0v) is 12.1. The van der Waals surface area contributed by atoms with Gasteiger partial charge < -0.3 is 10.1 Å². The Balaban J connectivity index is 2.07. The number of rotatable bonds is 7. The molecule has 0 bridgehead atoms. The summed E-state index contributed by atoms with van der Waals surface area (Å²) < 4.78 is 7.49. The van der Waals surface area contributed by atoms with Gasteiger partial charge in [0.15, 0.2) is 0 Å². The lowest BCUT2D eigenvalue weighted by atomic mass is 9.94. The van der Waals surface area contributed by atoms with Crippen LogP contribution in [0.3, 0.4) is 0 Å². The Morgan fingerprint density at radius 2 is 2.20 bits per heavy atom. The van der Waals surface area contributed by atoms with Crippen LogP contribution in [0.15, 0.2) is 0 Å². The first-order valence-corrected chi connectivity index (χ1v) is 7.38. The van der Waals surface area contributed by atoms with Gasteiger partial charge in [0.05, 0.1) is 17.5 Å². The molecule has 1 N–H and O–H groups in total. The number of aromatic nitrogens is 3. The second kappa shape index (κ2) is 7.98. The number of hydrogen-bond acceptors (Lipinski definition) is 5. The zero-order chi connectivity index (χ0) is 14.2. The van der Waals surface area contributed by atoms with E-state index in [2.05, 4.69) is 21.7 Å². The fourth-order valence-electron chi connectivity index (χ4n) is 2.70. The fourth-order valence-corrected chi connectivity index (χ4v) is 2.70. The summed E-state index contributed by atoms with van der Waals surface area (Å²) in [4.78, 5) is 0. The minimum atomic E-state index is 0.498. The fraction of sp³-hybridized carbons (Fsp3) is 0.786. The average molecular weight is 277 g/mol. The van der Waals surface area contributed by atoms with Crippen molar-refractivity contribution in [2.24, 2.45) is 0 Å². The molecule has 0 saturated carbocycles. The maximum absolute atomic E-state index is 8.59. The van der Waals surface area contributed by atoms with Crippen molar-refractivity contribution in [1.82, 2.24) is 20.3 Å². The number of unbranched alkanes of at least 4 members (excludes halogenated alkanes) is 2. The Kier molecular flexibility index (Phi) is 5.96. The molecule has 1 aliphatic rings. The predicted molar refractivity (Wildman–Crippen MR) is 75.0 cm³/mol. The maximum Gasteiger partial charge on any atom is 0.0999 e. The summed E-state index contributed by atoms with van der Waals surface area (Å²) in [5.74, 6) is 0.498. The number of hydrogen-bond donors (Lipinski definition) is 1. The van der Waals surface area contributed by atoms with E-state index in [1.54, 1.807) is 0 Å². The molecule has 6 heteroatoms. The molecule has 2 heterocycles. The highest BCUT2D eigenvalue weighted by Gasteiger charge is 2.24. The topological polar surface area (TPSA) is 75.8 Å². The lowest BCUT2D eigenvalue weighted by molar-refractivity contribution is 0.0832. The third kappa shape index (κ3) is 3.78. The third-order valence-electron chi connectivity index (χ3n) is 3.71. The van der Waals surface area contributed by atoms with Gasteiger partial charge in [-0.25, -0.2) is 4.68 Å². The number of ether oxygens (including phenoxy) is 1. The first-order chi connectivity index (χ1) is 9.86. The molecule has 0 radical (unpaired) electrons. The number of nitriles is 1. The highest BCUT2D eigenvalue weighted by molar-refractivity contribution is 5.16. The van der Waals surface area contributed by atoms with Crippen molar-refractivity contribution >= 4 is 0 Å². The molecule has 1 fully saturated rings. The molecular formula is C14H23N5O. The number of nitrogens with zero attached hydrogens (tertiary/aromatic N) is 4. The molecular weight excluding hydrogens is 254 g/mol. The Morgan fingerprint density at radius 3 is 2.90 bits per heavy atom. The quantitative estimate of drug-likeness (QED) is 0.766. The van der Waals surface area contributed by atoms with E-state index in [9.17, 15) is 0 Å². The van der Waals surface area contributed by atoms with Crippen molar-refractivity contribution < 1.29 is 4.74 Å². The van der Waals surface area contributed by atoms with Gasteiger partial charge in [0, 0.05) is 38.6 Å². The van der Waals surface area contributed by atoms with Crippen LogP contribution >= 0.6 is 0 Å². The van der Waals surface area contributed by atoms with Crippen LogP contribution in [0.25, 0.3) is 0 Å². The highest BCUT2D eigenvalue weighted by Crippen LogP contribution is 2.28. The summed E-state index contributed by atoms with van der Waals surface area (Å²) >= 11 is 0.